The number of benzene rings is 2. The van der Waals surface area contributed by atoms with E-state index in [1.165, 1.54) is 0 Å². The number of nitrogens with one attached hydrogen (secondary N) is 1. The smallest absolute Gasteiger partial charge is 0.315 e. The quantitative estimate of drug-likeness (QED) is 0.619. The minimum atomic E-state index is -0.329. The molecule has 0 aliphatic carbocycles. The van der Waals surface area contributed by atoms with E-state index in [-0.39, 0.29) is 18.0 Å². The van der Waals surface area contributed by atoms with Gasteiger partial charge in [0.1, 0.15) is 18.3 Å². The van der Waals surface area contributed by atoms with Crippen LogP contribution < -0.4 is 5.32 Å². The Bertz CT molecular complexity index is 810. The molecule has 0 saturated carbocycles. The number of esters is 1. The largest absolute Gasteiger partial charge is 0.462 e. The first-order valence-electron chi connectivity index (χ1n) is 10.1. The second kappa shape index (κ2) is 7.22. The second-order valence-corrected chi connectivity index (χ2v) is 8.11. The molecular formula is C23H26N2O3. The van der Waals surface area contributed by atoms with Crippen LogP contribution in [0.2, 0.25) is 0 Å². The summed E-state index contributed by atoms with van der Waals surface area (Å²) in [5.41, 5.74) is 1.99. The molecule has 3 aliphatic rings. The van der Waals surface area contributed by atoms with Gasteiger partial charge in [0.05, 0.1) is 5.92 Å². The summed E-state index contributed by atoms with van der Waals surface area (Å²) in [6.45, 7) is 0.515. The SMILES string of the molecule is CN1C2CC(OC(=O)C(CNc3ccccc3)c3ccccc3)CC1C1OC12. The summed E-state index contributed by atoms with van der Waals surface area (Å²) in [5, 5.41) is 3.38. The molecule has 5 unspecified atom stereocenters. The highest BCUT2D eigenvalue weighted by Crippen LogP contribution is 2.48. The van der Waals surface area contributed by atoms with Crippen LogP contribution in [0, 0.1) is 0 Å². The summed E-state index contributed by atoms with van der Waals surface area (Å²) in [4.78, 5) is 15.5. The second-order valence-electron chi connectivity index (χ2n) is 8.11. The Morgan fingerprint density at radius 2 is 1.68 bits per heavy atom. The van der Waals surface area contributed by atoms with Gasteiger partial charge in [-0.05, 0) is 24.7 Å². The van der Waals surface area contributed by atoms with E-state index < -0.39 is 0 Å². The van der Waals surface area contributed by atoms with E-state index >= 15 is 0 Å². The molecule has 0 amide bonds. The number of rotatable bonds is 6. The number of hydrogen-bond acceptors (Lipinski definition) is 5. The molecule has 0 spiro atoms. The lowest BCUT2D eigenvalue weighted by Crippen LogP contribution is -2.48. The number of piperidine rings is 1. The molecule has 3 saturated heterocycles. The van der Waals surface area contributed by atoms with Gasteiger partial charge in [-0.2, -0.15) is 0 Å². The maximum absolute atomic E-state index is 13.1. The van der Waals surface area contributed by atoms with Gasteiger partial charge in [-0.25, -0.2) is 0 Å². The van der Waals surface area contributed by atoms with Gasteiger partial charge in [0, 0.05) is 37.2 Å². The summed E-state index contributed by atoms with van der Waals surface area (Å²) in [7, 11) is 2.17. The molecule has 28 heavy (non-hydrogen) atoms. The van der Waals surface area contributed by atoms with Gasteiger partial charge in [-0.1, -0.05) is 48.5 Å². The summed E-state index contributed by atoms with van der Waals surface area (Å²) >= 11 is 0. The third-order valence-electron chi connectivity index (χ3n) is 6.43. The molecule has 0 radical (unpaired) electrons. The van der Waals surface area contributed by atoms with Crippen molar-refractivity contribution in [1.29, 1.82) is 0 Å². The molecule has 5 atom stereocenters. The molecule has 3 fully saturated rings. The number of ether oxygens (including phenoxy) is 2. The minimum Gasteiger partial charge on any atom is -0.462 e. The molecule has 1 N–H and O–H groups in total. The standard InChI is InChI=1S/C23H26N2O3/c1-25-19-12-17(13-20(25)22-21(19)28-22)27-23(26)18(15-8-4-2-5-9-15)14-24-16-10-6-3-7-11-16/h2-11,17-22,24H,12-14H2,1H3. The molecule has 2 bridgehead atoms. The molecule has 2 aromatic carbocycles. The third kappa shape index (κ3) is 3.29. The fourth-order valence-corrected chi connectivity index (χ4v) is 4.84. The topological polar surface area (TPSA) is 54.1 Å². The Balaban J connectivity index is 1.27. The van der Waals surface area contributed by atoms with Crippen LogP contribution in [0.5, 0.6) is 0 Å². The lowest BCUT2D eigenvalue weighted by molar-refractivity contribution is -0.155. The van der Waals surface area contributed by atoms with Crippen LogP contribution >= 0.6 is 0 Å². The molecule has 3 aliphatic heterocycles. The summed E-state index contributed by atoms with van der Waals surface area (Å²) in [6, 6.07) is 20.7. The van der Waals surface area contributed by atoms with Crippen molar-refractivity contribution >= 4 is 11.7 Å². The van der Waals surface area contributed by atoms with Crippen molar-refractivity contribution in [2.24, 2.45) is 0 Å². The van der Waals surface area contributed by atoms with Gasteiger partial charge in [-0.3, -0.25) is 9.69 Å². The van der Waals surface area contributed by atoms with E-state index in [4.69, 9.17) is 9.47 Å². The van der Waals surface area contributed by atoms with Crippen molar-refractivity contribution in [2.75, 3.05) is 18.9 Å². The van der Waals surface area contributed by atoms with Crippen LogP contribution in [0.4, 0.5) is 5.69 Å². The number of carbonyl (C=O) groups excluding carboxylic acids is 1. The predicted molar refractivity (Wildman–Crippen MR) is 107 cm³/mol. The van der Waals surface area contributed by atoms with E-state index in [9.17, 15) is 4.79 Å². The fraction of sp³-hybridized carbons (Fsp3) is 0.435. The van der Waals surface area contributed by atoms with Gasteiger partial charge in [0.2, 0.25) is 0 Å². The predicted octanol–water partition coefficient (Wildman–Crippen LogP) is 3.04. The lowest BCUT2D eigenvalue weighted by atomic mass is 9.97. The van der Waals surface area contributed by atoms with Gasteiger partial charge in [0.15, 0.2) is 0 Å². The van der Waals surface area contributed by atoms with Crippen LogP contribution in [-0.4, -0.2) is 54.9 Å². The first-order chi connectivity index (χ1) is 13.7. The number of epoxide rings is 1. The van der Waals surface area contributed by atoms with E-state index in [2.05, 4.69) is 17.3 Å². The van der Waals surface area contributed by atoms with Crippen molar-refractivity contribution in [1.82, 2.24) is 4.90 Å². The monoisotopic (exact) mass is 378 g/mol. The Morgan fingerprint density at radius 1 is 1.07 bits per heavy atom. The Morgan fingerprint density at radius 3 is 2.32 bits per heavy atom. The van der Waals surface area contributed by atoms with Crippen LogP contribution in [0.25, 0.3) is 0 Å². The highest BCUT2D eigenvalue weighted by molar-refractivity contribution is 5.79. The van der Waals surface area contributed by atoms with Crippen LogP contribution in [0.1, 0.15) is 24.3 Å². The molecule has 2 aromatic rings. The summed E-state index contributed by atoms with van der Waals surface area (Å²) in [5.74, 6) is -0.470. The maximum Gasteiger partial charge on any atom is 0.315 e. The highest BCUT2D eigenvalue weighted by Gasteiger charge is 2.62. The minimum absolute atomic E-state index is 0.0157. The van der Waals surface area contributed by atoms with Gasteiger partial charge in [-0.15, -0.1) is 0 Å². The van der Waals surface area contributed by atoms with E-state index in [1.54, 1.807) is 0 Å². The van der Waals surface area contributed by atoms with E-state index in [0.717, 1.165) is 24.1 Å². The zero-order chi connectivity index (χ0) is 19.1. The third-order valence-corrected chi connectivity index (χ3v) is 6.43. The number of hydrogen-bond donors (Lipinski definition) is 1. The van der Waals surface area contributed by atoms with Crippen molar-refractivity contribution in [3.05, 3.63) is 66.2 Å². The number of likely N-dealkylation sites (N-methyl/N-ethyl adjacent to an activating group) is 1. The molecule has 5 rings (SSSR count). The van der Waals surface area contributed by atoms with E-state index in [0.29, 0.717) is 30.8 Å². The highest BCUT2D eigenvalue weighted by atomic mass is 16.6. The zero-order valence-corrected chi connectivity index (χ0v) is 16.0. The number of para-hydroxylation sites is 1. The number of morpholine rings is 1. The lowest BCUT2D eigenvalue weighted by Gasteiger charge is -2.38. The summed E-state index contributed by atoms with van der Waals surface area (Å²) < 4.78 is 11.8. The molecule has 5 heteroatoms. The zero-order valence-electron chi connectivity index (χ0n) is 16.0. The van der Waals surface area contributed by atoms with Crippen molar-refractivity contribution in [3.8, 4) is 0 Å². The van der Waals surface area contributed by atoms with Crippen molar-refractivity contribution in [3.63, 3.8) is 0 Å². The van der Waals surface area contributed by atoms with Gasteiger partial charge >= 0.3 is 5.97 Å². The number of carbonyl (C=O) groups is 1. The average Bonchev–Trinajstić information content (AvgIpc) is 3.48. The van der Waals surface area contributed by atoms with Crippen molar-refractivity contribution in [2.45, 2.75) is 49.2 Å². The molecular weight excluding hydrogens is 352 g/mol. The van der Waals surface area contributed by atoms with Crippen LogP contribution in [0.3, 0.4) is 0 Å². The molecule has 5 nitrogen and oxygen atoms in total. The molecule has 3 heterocycles. The van der Waals surface area contributed by atoms with Crippen LogP contribution in [-0.2, 0) is 14.3 Å². The average molecular weight is 378 g/mol. The Labute approximate surface area is 165 Å². The van der Waals surface area contributed by atoms with Crippen molar-refractivity contribution < 1.29 is 14.3 Å². The fourth-order valence-electron chi connectivity index (χ4n) is 4.84. The number of fused-ring (bicyclic) bond motifs is 5. The number of anilines is 1. The summed E-state index contributed by atoms with van der Waals surface area (Å²) in [6.07, 6.45) is 2.42. The number of nitrogens with zero attached hydrogens (tertiary/aromatic N) is 1. The van der Waals surface area contributed by atoms with E-state index in [1.807, 2.05) is 60.7 Å². The molecule has 146 valence electrons. The van der Waals surface area contributed by atoms with Gasteiger partial charge in [0.25, 0.3) is 0 Å². The van der Waals surface area contributed by atoms with Crippen LogP contribution in [0.15, 0.2) is 60.7 Å². The normalized spacial score (nSPS) is 31.7. The first-order valence-corrected chi connectivity index (χ1v) is 10.1. The molecule has 0 aromatic heterocycles. The first kappa shape index (κ1) is 17.7. The Kier molecular flexibility index (Phi) is 4.57. The maximum atomic E-state index is 13.1. The van der Waals surface area contributed by atoms with Gasteiger partial charge < -0.3 is 14.8 Å². The Hall–Kier alpha value is -2.37.